The van der Waals surface area contributed by atoms with E-state index in [9.17, 15) is 9.59 Å². The lowest BCUT2D eigenvalue weighted by Crippen LogP contribution is -2.23. The second kappa shape index (κ2) is 6.18. The molecule has 1 heterocycles. The molecule has 1 rings (SSSR count). The van der Waals surface area contributed by atoms with Crippen LogP contribution in [-0.4, -0.2) is 15.6 Å². The highest BCUT2D eigenvalue weighted by molar-refractivity contribution is 14.1. The van der Waals surface area contributed by atoms with Crippen LogP contribution in [0.3, 0.4) is 0 Å². The van der Waals surface area contributed by atoms with Crippen molar-refractivity contribution in [2.24, 2.45) is 0 Å². The Morgan fingerprint density at radius 1 is 1.47 bits per heavy atom. The van der Waals surface area contributed by atoms with Gasteiger partial charge >= 0.3 is 5.97 Å². The van der Waals surface area contributed by atoms with Gasteiger partial charge in [-0.1, -0.05) is 19.8 Å². The van der Waals surface area contributed by atoms with E-state index in [0.29, 0.717) is 3.57 Å². The molecule has 5 heteroatoms. The van der Waals surface area contributed by atoms with Gasteiger partial charge in [0.2, 0.25) is 5.43 Å². The molecule has 4 nitrogen and oxygen atoms in total. The van der Waals surface area contributed by atoms with E-state index in [2.05, 4.69) is 6.92 Å². The zero-order valence-corrected chi connectivity index (χ0v) is 12.2. The molecule has 1 aromatic rings. The molecule has 0 aliphatic carbocycles. The molecule has 0 aliphatic rings. The molecule has 0 amide bonds. The Morgan fingerprint density at radius 2 is 2.12 bits per heavy atom. The Labute approximate surface area is 114 Å². The van der Waals surface area contributed by atoms with Crippen molar-refractivity contribution in [3.8, 4) is 0 Å². The predicted octanol–water partition coefficient (Wildman–Crippen LogP) is 2.65. The van der Waals surface area contributed by atoms with Crippen LogP contribution < -0.4 is 5.43 Å². The van der Waals surface area contributed by atoms with E-state index in [1.54, 1.807) is 0 Å². The first-order chi connectivity index (χ1) is 7.99. The van der Waals surface area contributed by atoms with Crippen molar-refractivity contribution in [2.75, 3.05) is 0 Å². The van der Waals surface area contributed by atoms with Gasteiger partial charge in [-0.05, 0) is 35.9 Å². The maximum Gasteiger partial charge on any atom is 0.341 e. The van der Waals surface area contributed by atoms with Crippen molar-refractivity contribution >= 4 is 28.6 Å². The van der Waals surface area contributed by atoms with E-state index in [4.69, 9.17) is 5.11 Å². The zero-order valence-electron chi connectivity index (χ0n) is 9.99. The first kappa shape index (κ1) is 14.2. The van der Waals surface area contributed by atoms with E-state index in [-0.39, 0.29) is 11.0 Å². The molecule has 0 fully saturated rings. The summed E-state index contributed by atoms with van der Waals surface area (Å²) in [5, 5.41) is 8.96. The average Bonchev–Trinajstić information content (AvgIpc) is 2.29. The Morgan fingerprint density at radius 3 is 2.65 bits per heavy atom. The molecule has 1 N–H and O–H groups in total. The average molecular weight is 349 g/mol. The van der Waals surface area contributed by atoms with Gasteiger partial charge < -0.3 is 9.67 Å². The normalized spacial score (nSPS) is 10.5. The van der Waals surface area contributed by atoms with Gasteiger partial charge in [-0.25, -0.2) is 4.79 Å². The molecule has 0 aliphatic heterocycles. The number of unbranched alkanes of at least 4 members (excludes halogenated alkanes) is 2. The maximum atomic E-state index is 11.7. The summed E-state index contributed by atoms with van der Waals surface area (Å²) < 4.78 is 2.36. The quantitative estimate of drug-likeness (QED) is 0.657. The minimum absolute atomic E-state index is 0.142. The SMILES string of the molecule is CCCCCn1cc(C(=O)O)c(=O)c(I)c1C. The Kier molecular flexibility index (Phi) is 5.17. The van der Waals surface area contributed by atoms with Crippen LogP contribution in [0.5, 0.6) is 0 Å². The largest absolute Gasteiger partial charge is 0.477 e. The number of aryl methyl sites for hydroxylation is 1. The number of aromatic carboxylic acids is 1. The minimum atomic E-state index is -1.16. The Bertz CT molecular complexity index is 479. The molecule has 1 aromatic heterocycles. The van der Waals surface area contributed by atoms with E-state index in [1.807, 2.05) is 34.1 Å². The fourth-order valence-electron chi connectivity index (χ4n) is 1.64. The van der Waals surface area contributed by atoms with Crippen molar-refractivity contribution in [3.63, 3.8) is 0 Å². The molecular weight excluding hydrogens is 333 g/mol. The van der Waals surface area contributed by atoms with E-state index in [0.717, 1.165) is 31.5 Å². The standard InChI is InChI=1S/C12H16INO3/c1-3-4-5-6-14-7-9(12(16)17)11(15)10(13)8(14)2/h7H,3-6H2,1-2H3,(H,16,17). The predicted molar refractivity (Wildman–Crippen MR) is 74.6 cm³/mol. The van der Waals surface area contributed by atoms with Gasteiger partial charge in [-0.2, -0.15) is 0 Å². The molecule has 17 heavy (non-hydrogen) atoms. The Balaban J connectivity index is 3.13. The monoisotopic (exact) mass is 349 g/mol. The van der Waals surface area contributed by atoms with Gasteiger partial charge in [0.25, 0.3) is 0 Å². The fourth-order valence-corrected chi connectivity index (χ4v) is 2.24. The summed E-state index contributed by atoms with van der Waals surface area (Å²) in [5.74, 6) is -1.16. The minimum Gasteiger partial charge on any atom is -0.477 e. The fraction of sp³-hybridized carbons (Fsp3) is 0.500. The highest BCUT2D eigenvalue weighted by atomic mass is 127. The van der Waals surface area contributed by atoms with Crippen LogP contribution in [0, 0.1) is 10.5 Å². The van der Waals surface area contributed by atoms with E-state index >= 15 is 0 Å². The van der Waals surface area contributed by atoms with Gasteiger partial charge in [-0.3, -0.25) is 4.79 Å². The van der Waals surface area contributed by atoms with Crippen molar-refractivity contribution in [3.05, 3.63) is 31.2 Å². The second-order valence-electron chi connectivity index (χ2n) is 3.98. The number of carboxylic acid groups (broad SMARTS) is 1. The molecule has 0 radical (unpaired) electrons. The van der Waals surface area contributed by atoms with Crippen LogP contribution in [0.4, 0.5) is 0 Å². The van der Waals surface area contributed by atoms with Crippen molar-refractivity contribution < 1.29 is 9.90 Å². The third-order valence-electron chi connectivity index (χ3n) is 2.71. The number of aromatic nitrogens is 1. The highest BCUT2D eigenvalue weighted by Crippen LogP contribution is 2.10. The number of hydrogen-bond donors (Lipinski definition) is 1. The summed E-state index contributed by atoms with van der Waals surface area (Å²) in [6.45, 7) is 4.72. The second-order valence-corrected chi connectivity index (χ2v) is 5.06. The van der Waals surface area contributed by atoms with Gasteiger partial charge in [0, 0.05) is 18.4 Å². The van der Waals surface area contributed by atoms with Crippen LogP contribution in [0.15, 0.2) is 11.0 Å². The number of nitrogens with zero attached hydrogens (tertiary/aromatic N) is 1. The number of pyridine rings is 1. The smallest absolute Gasteiger partial charge is 0.341 e. The lowest BCUT2D eigenvalue weighted by atomic mass is 10.2. The van der Waals surface area contributed by atoms with Crippen LogP contribution in [-0.2, 0) is 6.54 Å². The highest BCUT2D eigenvalue weighted by Gasteiger charge is 2.15. The number of carbonyl (C=O) groups is 1. The van der Waals surface area contributed by atoms with E-state index < -0.39 is 5.97 Å². The zero-order chi connectivity index (χ0) is 13.0. The summed E-state index contributed by atoms with van der Waals surface area (Å²) in [4.78, 5) is 22.7. The topological polar surface area (TPSA) is 59.3 Å². The number of hydrogen-bond acceptors (Lipinski definition) is 2. The molecule has 0 atom stereocenters. The van der Waals surface area contributed by atoms with E-state index in [1.165, 1.54) is 6.20 Å². The molecular formula is C12H16INO3. The first-order valence-electron chi connectivity index (χ1n) is 5.61. The van der Waals surface area contributed by atoms with Gasteiger partial charge in [0.15, 0.2) is 0 Å². The van der Waals surface area contributed by atoms with Crippen LogP contribution in [0.25, 0.3) is 0 Å². The third-order valence-corrected chi connectivity index (χ3v) is 3.98. The molecule has 0 saturated heterocycles. The Hall–Kier alpha value is -0.850. The molecule has 94 valence electrons. The summed E-state index contributed by atoms with van der Waals surface area (Å²) in [5.41, 5.74) is 0.315. The van der Waals surface area contributed by atoms with Gasteiger partial charge in [0.05, 0.1) is 3.57 Å². The number of carboxylic acids is 1. The maximum absolute atomic E-state index is 11.7. The summed E-state index contributed by atoms with van der Waals surface area (Å²) in [7, 11) is 0. The number of halogens is 1. The lowest BCUT2D eigenvalue weighted by Gasteiger charge is -2.12. The summed E-state index contributed by atoms with van der Waals surface area (Å²) in [6.07, 6.45) is 4.67. The van der Waals surface area contributed by atoms with Crippen molar-refractivity contribution in [1.82, 2.24) is 4.57 Å². The number of rotatable bonds is 5. The van der Waals surface area contributed by atoms with Crippen molar-refractivity contribution in [2.45, 2.75) is 39.7 Å². The molecule has 0 aromatic carbocycles. The lowest BCUT2D eigenvalue weighted by molar-refractivity contribution is 0.0694. The first-order valence-corrected chi connectivity index (χ1v) is 6.69. The third kappa shape index (κ3) is 3.31. The molecule has 0 saturated carbocycles. The van der Waals surface area contributed by atoms with Crippen LogP contribution in [0.1, 0.15) is 42.2 Å². The van der Waals surface area contributed by atoms with Gasteiger partial charge in [-0.15, -0.1) is 0 Å². The molecule has 0 unspecified atom stereocenters. The summed E-state index contributed by atoms with van der Waals surface area (Å²) >= 11 is 1.92. The molecule has 0 spiro atoms. The van der Waals surface area contributed by atoms with Crippen LogP contribution >= 0.6 is 22.6 Å². The molecule has 0 bridgehead atoms. The van der Waals surface area contributed by atoms with Crippen molar-refractivity contribution in [1.29, 1.82) is 0 Å². The van der Waals surface area contributed by atoms with Gasteiger partial charge in [0.1, 0.15) is 5.56 Å². The van der Waals surface area contributed by atoms with Crippen LogP contribution in [0.2, 0.25) is 0 Å². The summed E-state index contributed by atoms with van der Waals surface area (Å²) in [6, 6.07) is 0.